The highest BCUT2D eigenvalue weighted by Crippen LogP contribution is 2.35. The topological polar surface area (TPSA) is 79.3 Å². The smallest absolute Gasteiger partial charge is 0.243 e. The van der Waals surface area contributed by atoms with Gasteiger partial charge in [0.05, 0.1) is 22.2 Å². The molecule has 2 aromatic rings. The van der Waals surface area contributed by atoms with Crippen molar-refractivity contribution < 1.29 is 17.9 Å². The number of benzene rings is 2. The van der Waals surface area contributed by atoms with E-state index >= 15 is 0 Å². The van der Waals surface area contributed by atoms with Gasteiger partial charge in [0.25, 0.3) is 0 Å². The third-order valence-corrected chi connectivity index (χ3v) is 7.83. The number of fused-ring (bicyclic) bond motifs is 3. The molecule has 0 bridgehead atoms. The van der Waals surface area contributed by atoms with Crippen LogP contribution in [0.1, 0.15) is 29.6 Å². The van der Waals surface area contributed by atoms with Gasteiger partial charge in [0.1, 0.15) is 12.4 Å². The summed E-state index contributed by atoms with van der Waals surface area (Å²) in [5.74, 6) is 0.968. The van der Waals surface area contributed by atoms with Crippen molar-refractivity contribution in [1.29, 1.82) is 0 Å². The minimum Gasteiger partial charge on any atom is -0.492 e. The molecule has 5 rings (SSSR count). The molecule has 0 aliphatic carbocycles. The third-order valence-electron chi connectivity index (χ3n) is 5.88. The second-order valence-electron chi connectivity index (χ2n) is 7.75. The average molecular weight is 426 g/mol. The first-order valence-corrected chi connectivity index (χ1v) is 11.7. The van der Waals surface area contributed by atoms with E-state index in [1.54, 1.807) is 12.1 Å². The highest BCUT2D eigenvalue weighted by molar-refractivity contribution is 7.89. The lowest BCUT2D eigenvalue weighted by atomic mass is 10.1. The fourth-order valence-electron chi connectivity index (χ4n) is 4.38. The summed E-state index contributed by atoms with van der Waals surface area (Å²) in [6.45, 7) is 2.12. The Labute approximate surface area is 176 Å². The lowest BCUT2D eigenvalue weighted by Gasteiger charge is -2.25. The number of aliphatic imine (C=N–C) groups is 1. The van der Waals surface area contributed by atoms with Crippen LogP contribution >= 0.6 is 0 Å². The molecule has 3 heterocycles. The zero-order valence-electron chi connectivity index (χ0n) is 16.5. The number of Topliss-reactive ketones (excluding diaryl/α,β-unsaturated/α-hetero) is 1. The van der Waals surface area contributed by atoms with E-state index in [2.05, 4.69) is 4.99 Å². The largest absolute Gasteiger partial charge is 0.492 e. The van der Waals surface area contributed by atoms with Crippen molar-refractivity contribution in [3.63, 3.8) is 0 Å². The predicted octanol–water partition coefficient (Wildman–Crippen LogP) is 2.72. The number of sulfonamides is 1. The number of para-hydroxylation sites is 1. The second-order valence-corrected chi connectivity index (χ2v) is 9.65. The van der Waals surface area contributed by atoms with Gasteiger partial charge < -0.3 is 9.64 Å². The van der Waals surface area contributed by atoms with E-state index in [1.807, 2.05) is 35.2 Å². The minimum atomic E-state index is -3.73. The van der Waals surface area contributed by atoms with Gasteiger partial charge in [0, 0.05) is 19.6 Å². The van der Waals surface area contributed by atoms with Crippen LogP contribution in [0, 0.1) is 0 Å². The monoisotopic (exact) mass is 425 g/mol. The van der Waals surface area contributed by atoms with Crippen molar-refractivity contribution in [3.05, 3.63) is 54.1 Å². The number of ether oxygens (including phenoxy) is 1. The summed E-state index contributed by atoms with van der Waals surface area (Å²) in [5.41, 5.74) is 1.18. The molecular formula is C22H23N3O4S. The van der Waals surface area contributed by atoms with Crippen LogP contribution in [0.4, 0.5) is 5.69 Å². The zero-order valence-corrected chi connectivity index (χ0v) is 17.3. The molecule has 3 aliphatic heterocycles. The molecule has 1 saturated heterocycles. The first-order valence-electron chi connectivity index (χ1n) is 10.3. The summed E-state index contributed by atoms with van der Waals surface area (Å²) in [6.07, 6.45) is 2.42. The fraction of sp³-hybridized carbons (Fsp3) is 0.364. The SMILES string of the molecule is O=C1C2=NCCCN2c2ccc(S(=O)(=O)N3CCC[C@H]3COc3ccccc3)cc21. The second kappa shape index (κ2) is 7.52. The Morgan fingerprint density at radius 3 is 2.73 bits per heavy atom. The molecule has 0 radical (unpaired) electrons. The maximum absolute atomic E-state index is 13.4. The van der Waals surface area contributed by atoms with Crippen molar-refractivity contribution in [2.45, 2.75) is 30.2 Å². The van der Waals surface area contributed by atoms with Gasteiger partial charge in [-0.3, -0.25) is 9.79 Å². The number of hydrogen-bond donors (Lipinski definition) is 0. The fourth-order valence-corrected chi connectivity index (χ4v) is 6.09. The summed E-state index contributed by atoms with van der Waals surface area (Å²) in [5, 5.41) is 0. The highest BCUT2D eigenvalue weighted by Gasteiger charge is 2.39. The number of rotatable bonds is 5. The molecular weight excluding hydrogens is 402 g/mol. The molecule has 156 valence electrons. The lowest BCUT2D eigenvalue weighted by Crippen LogP contribution is -2.39. The van der Waals surface area contributed by atoms with Crippen LogP contribution in [0.15, 0.2) is 58.4 Å². The molecule has 0 N–H and O–H groups in total. The summed E-state index contributed by atoms with van der Waals surface area (Å²) >= 11 is 0. The first kappa shape index (κ1) is 19.3. The van der Waals surface area contributed by atoms with Gasteiger partial charge in [-0.2, -0.15) is 4.31 Å². The summed E-state index contributed by atoms with van der Waals surface area (Å²) in [7, 11) is -3.73. The van der Waals surface area contributed by atoms with E-state index in [4.69, 9.17) is 4.74 Å². The Bertz CT molecular complexity index is 1110. The van der Waals surface area contributed by atoms with Crippen molar-refractivity contribution in [2.75, 3.05) is 31.1 Å². The van der Waals surface area contributed by atoms with E-state index in [1.165, 1.54) is 10.4 Å². The number of carbonyl (C=O) groups is 1. The number of hydrogen-bond acceptors (Lipinski definition) is 6. The van der Waals surface area contributed by atoms with Gasteiger partial charge >= 0.3 is 0 Å². The van der Waals surface area contributed by atoms with Crippen LogP contribution in [0.2, 0.25) is 0 Å². The predicted molar refractivity (Wildman–Crippen MR) is 114 cm³/mol. The van der Waals surface area contributed by atoms with Crippen LogP contribution in [-0.4, -0.2) is 56.6 Å². The normalized spacial score (nSPS) is 21.3. The number of ketones is 1. The molecule has 3 aliphatic rings. The molecule has 1 fully saturated rings. The molecule has 0 saturated carbocycles. The van der Waals surface area contributed by atoms with Gasteiger partial charge in [0.15, 0.2) is 5.84 Å². The lowest BCUT2D eigenvalue weighted by molar-refractivity contribution is 0.106. The Hall–Kier alpha value is -2.71. The van der Waals surface area contributed by atoms with Crippen molar-refractivity contribution in [2.24, 2.45) is 4.99 Å². The molecule has 0 aromatic heterocycles. The number of anilines is 1. The van der Waals surface area contributed by atoms with Crippen molar-refractivity contribution in [3.8, 4) is 5.75 Å². The van der Waals surface area contributed by atoms with Crippen molar-refractivity contribution >= 4 is 27.3 Å². The summed E-state index contributed by atoms with van der Waals surface area (Å²) in [4.78, 5) is 19.1. The van der Waals surface area contributed by atoms with E-state index in [9.17, 15) is 13.2 Å². The van der Waals surface area contributed by atoms with Crippen LogP contribution in [0.3, 0.4) is 0 Å². The number of amidine groups is 1. The quantitative estimate of drug-likeness (QED) is 0.736. The summed E-state index contributed by atoms with van der Waals surface area (Å²) in [6, 6.07) is 14.0. The average Bonchev–Trinajstić information content (AvgIpc) is 3.37. The Morgan fingerprint density at radius 1 is 1.07 bits per heavy atom. The van der Waals surface area contributed by atoms with Gasteiger partial charge in [-0.25, -0.2) is 8.42 Å². The van der Waals surface area contributed by atoms with E-state index in [0.29, 0.717) is 31.1 Å². The highest BCUT2D eigenvalue weighted by atomic mass is 32.2. The molecule has 30 heavy (non-hydrogen) atoms. The zero-order chi connectivity index (χ0) is 20.7. The van der Waals surface area contributed by atoms with Gasteiger partial charge in [0.2, 0.25) is 15.8 Å². The molecule has 0 spiro atoms. The Balaban J connectivity index is 1.40. The first-order chi connectivity index (χ1) is 14.6. The Kier molecular flexibility index (Phi) is 4.83. The van der Waals surface area contributed by atoms with E-state index in [-0.39, 0.29) is 16.7 Å². The van der Waals surface area contributed by atoms with Crippen LogP contribution in [0.5, 0.6) is 5.75 Å². The van der Waals surface area contributed by atoms with Crippen LogP contribution in [-0.2, 0) is 10.0 Å². The molecule has 8 heteroatoms. The van der Waals surface area contributed by atoms with Gasteiger partial charge in [-0.05, 0) is 49.6 Å². The molecule has 0 unspecified atom stereocenters. The van der Waals surface area contributed by atoms with E-state index < -0.39 is 10.0 Å². The minimum absolute atomic E-state index is 0.154. The van der Waals surface area contributed by atoms with Crippen LogP contribution in [0.25, 0.3) is 0 Å². The van der Waals surface area contributed by atoms with Gasteiger partial charge in [-0.1, -0.05) is 18.2 Å². The van der Waals surface area contributed by atoms with Gasteiger partial charge in [-0.15, -0.1) is 0 Å². The number of nitrogens with zero attached hydrogens (tertiary/aromatic N) is 3. The molecule has 2 aromatic carbocycles. The Morgan fingerprint density at radius 2 is 1.90 bits per heavy atom. The van der Waals surface area contributed by atoms with E-state index in [0.717, 1.165) is 37.2 Å². The molecule has 0 amide bonds. The van der Waals surface area contributed by atoms with Crippen LogP contribution < -0.4 is 9.64 Å². The molecule has 1 atom stereocenters. The number of carbonyl (C=O) groups excluding carboxylic acids is 1. The molecule has 7 nitrogen and oxygen atoms in total. The summed E-state index contributed by atoms with van der Waals surface area (Å²) < 4.78 is 34.1. The maximum atomic E-state index is 13.4. The third kappa shape index (κ3) is 3.20. The standard InChI is InChI=1S/C22H23N3O4S/c26-21-19-14-18(9-10-20(19)24-12-5-11-23-22(21)24)30(27,28)25-13-4-6-16(25)15-29-17-7-2-1-3-8-17/h1-3,7-10,14,16H,4-6,11-13,15H2/t16-/m0/s1. The van der Waals surface area contributed by atoms with Crippen molar-refractivity contribution in [1.82, 2.24) is 4.31 Å². The maximum Gasteiger partial charge on any atom is 0.243 e.